The Morgan fingerprint density at radius 3 is 2.64 bits per heavy atom. The van der Waals surface area contributed by atoms with Gasteiger partial charge in [0.15, 0.2) is 0 Å². The van der Waals surface area contributed by atoms with Crippen molar-refractivity contribution in [3.05, 3.63) is 82.9 Å². The Balaban J connectivity index is 1.02. The Kier molecular flexibility index (Phi) is 7.80. The first-order valence-electron chi connectivity index (χ1n) is 13.8. The summed E-state index contributed by atoms with van der Waals surface area (Å²) in [5, 5.41) is 11.7. The third kappa shape index (κ3) is 5.67. The molecule has 0 bridgehead atoms. The number of anilines is 1. The number of piperidine rings is 2. The number of thioether (sulfide) groups is 1. The number of nitriles is 1. The van der Waals surface area contributed by atoms with Crippen LogP contribution in [0.5, 0.6) is 5.75 Å². The summed E-state index contributed by atoms with van der Waals surface area (Å²) in [6, 6.07) is 15.1. The van der Waals surface area contributed by atoms with Gasteiger partial charge in [0.1, 0.15) is 24.2 Å². The molecule has 4 heterocycles. The molecule has 3 aromatic rings. The van der Waals surface area contributed by atoms with Crippen LogP contribution in [0.3, 0.4) is 0 Å². The van der Waals surface area contributed by atoms with Crippen molar-refractivity contribution in [2.75, 3.05) is 18.0 Å². The highest BCUT2D eigenvalue weighted by Gasteiger charge is 2.40. The molecular formula is C31H28FN5O4S. The number of hydrogen-bond acceptors (Lipinski definition) is 8. The molecule has 2 aromatic carbocycles. The molecule has 1 N–H and O–H groups in total. The monoisotopic (exact) mass is 585 g/mol. The summed E-state index contributed by atoms with van der Waals surface area (Å²) < 4.78 is 20.5. The maximum Gasteiger partial charge on any atom is 0.255 e. The zero-order valence-electron chi connectivity index (χ0n) is 22.7. The van der Waals surface area contributed by atoms with E-state index in [1.165, 1.54) is 11.0 Å². The molecule has 3 amide bonds. The molecule has 11 heteroatoms. The molecule has 0 spiro atoms. The summed E-state index contributed by atoms with van der Waals surface area (Å²) in [5.41, 5.74) is 2.84. The lowest BCUT2D eigenvalue weighted by Gasteiger charge is -2.33. The van der Waals surface area contributed by atoms with Crippen LogP contribution in [-0.4, -0.2) is 52.0 Å². The van der Waals surface area contributed by atoms with Gasteiger partial charge in [-0.25, -0.2) is 4.39 Å². The molecule has 2 saturated heterocycles. The molecule has 6 rings (SSSR count). The second-order valence-electron chi connectivity index (χ2n) is 10.5. The van der Waals surface area contributed by atoms with Crippen molar-refractivity contribution in [3.8, 4) is 11.8 Å². The van der Waals surface area contributed by atoms with E-state index in [4.69, 9.17) is 10.00 Å². The predicted octanol–water partition coefficient (Wildman–Crippen LogP) is 4.19. The minimum absolute atomic E-state index is 0.206. The lowest BCUT2D eigenvalue weighted by molar-refractivity contribution is -0.136. The van der Waals surface area contributed by atoms with E-state index in [-0.39, 0.29) is 37.2 Å². The van der Waals surface area contributed by atoms with Gasteiger partial charge in [0.05, 0.1) is 29.6 Å². The van der Waals surface area contributed by atoms with E-state index in [1.54, 1.807) is 42.1 Å². The molecule has 2 fully saturated rings. The Labute approximate surface area is 246 Å². The van der Waals surface area contributed by atoms with Crippen molar-refractivity contribution >= 4 is 35.2 Å². The fourth-order valence-corrected chi connectivity index (χ4v) is 6.74. The number of benzene rings is 2. The maximum absolute atomic E-state index is 14.4. The molecule has 214 valence electrons. The summed E-state index contributed by atoms with van der Waals surface area (Å²) in [4.78, 5) is 46.1. The Morgan fingerprint density at radius 2 is 1.93 bits per heavy atom. The second kappa shape index (κ2) is 11.8. The molecule has 3 aliphatic heterocycles. The minimum atomic E-state index is -0.675. The van der Waals surface area contributed by atoms with Crippen LogP contribution in [0.2, 0.25) is 0 Å². The third-order valence-corrected chi connectivity index (χ3v) is 9.19. The average Bonchev–Trinajstić information content (AvgIpc) is 3.33. The molecular weight excluding hydrogens is 557 g/mol. The number of hydrogen-bond donors (Lipinski definition) is 1. The fourth-order valence-electron chi connectivity index (χ4n) is 5.65. The number of aromatic nitrogens is 1. The van der Waals surface area contributed by atoms with Gasteiger partial charge in [0, 0.05) is 47.0 Å². The number of ether oxygens (including phenoxy) is 1. The first kappa shape index (κ1) is 27.7. The molecule has 0 saturated carbocycles. The van der Waals surface area contributed by atoms with Crippen LogP contribution in [0.4, 0.5) is 10.1 Å². The topological polar surface area (TPSA) is 116 Å². The Morgan fingerprint density at radius 1 is 1.10 bits per heavy atom. The highest BCUT2D eigenvalue weighted by molar-refractivity contribution is 8.00. The number of halogens is 1. The lowest BCUT2D eigenvalue weighted by atomic mass is 10.0. The highest BCUT2D eigenvalue weighted by Crippen LogP contribution is 2.35. The number of nitrogens with zero attached hydrogens (tertiary/aromatic N) is 4. The number of amides is 3. The molecule has 0 aliphatic carbocycles. The molecule has 3 aliphatic rings. The van der Waals surface area contributed by atoms with Crippen LogP contribution in [-0.2, 0) is 22.7 Å². The van der Waals surface area contributed by atoms with Gasteiger partial charge in [0.2, 0.25) is 11.8 Å². The molecule has 9 nitrogen and oxygen atoms in total. The number of nitrogens with one attached hydrogen (secondary N) is 1. The standard InChI is InChI=1S/C31H28FN5O4S/c32-25-14-19(15-33)4-7-26(25)36-12-10-21(11-13-36)42-22-6-5-20(34-16-22)18-41-28-3-1-2-23-24(28)17-37(31(23)40)27-8-9-29(38)35-30(27)39/h1-7,14,16,21,27H,8-13,17-18H2,(H,35,38,39)/t27-/m1/s1. The van der Waals surface area contributed by atoms with E-state index in [2.05, 4.69) is 10.3 Å². The van der Waals surface area contributed by atoms with Gasteiger partial charge in [-0.3, -0.25) is 24.7 Å². The van der Waals surface area contributed by atoms with Crippen molar-refractivity contribution in [1.29, 1.82) is 5.26 Å². The normalized spacial score (nSPS) is 19.0. The maximum atomic E-state index is 14.4. The number of imide groups is 1. The lowest BCUT2D eigenvalue weighted by Crippen LogP contribution is -2.52. The summed E-state index contributed by atoms with van der Waals surface area (Å²) >= 11 is 1.76. The third-order valence-electron chi connectivity index (χ3n) is 7.87. The van der Waals surface area contributed by atoms with Crippen molar-refractivity contribution in [1.82, 2.24) is 15.2 Å². The molecule has 1 aromatic heterocycles. The van der Waals surface area contributed by atoms with E-state index in [9.17, 15) is 18.8 Å². The summed E-state index contributed by atoms with van der Waals surface area (Å²) in [6.07, 6.45) is 4.16. The van der Waals surface area contributed by atoms with Crippen LogP contribution in [0.15, 0.2) is 59.6 Å². The van der Waals surface area contributed by atoms with Crippen molar-refractivity contribution in [2.24, 2.45) is 0 Å². The van der Waals surface area contributed by atoms with Crippen molar-refractivity contribution in [2.45, 2.75) is 55.0 Å². The predicted molar refractivity (Wildman–Crippen MR) is 153 cm³/mol. The first-order valence-corrected chi connectivity index (χ1v) is 14.7. The second-order valence-corrected chi connectivity index (χ2v) is 11.9. The minimum Gasteiger partial charge on any atom is -0.487 e. The largest absolute Gasteiger partial charge is 0.487 e. The van der Waals surface area contributed by atoms with Crippen LogP contribution >= 0.6 is 11.8 Å². The van der Waals surface area contributed by atoms with Gasteiger partial charge in [-0.15, -0.1) is 11.8 Å². The van der Waals surface area contributed by atoms with Crippen molar-refractivity contribution in [3.63, 3.8) is 0 Å². The number of carbonyl (C=O) groups excluding carboxylic acids is 3. The molecule has 1 atom stereocenters. The van der Waals surface area contributed by atoms with E-state index >= 15 is 0 Å². The average molecular weight is 586 g/mol. The highest BCUT2D eigenvalue weighted by atomic mass is 32.2. The molecule has 0 radical (unpaired) electrons. The van der Waals surface area contributed by atoms with Gasteiger partial charge in [-0.2, -0.15) is 5.26 Å². The van der Waals surface area contributed by atoms with E-state index in [1.807, 2.05) is 29.3 Å². The number of carbonyl (C=O) groups is 3. The Hall–Kier alpha value is -4.43. The number of fused-ring (bicyclic) bond motifs is 1. The summed E-state index contributed by atoms with van der Waals surface area (Å²) in [5.74, 6) is -0.787. The van der Waals surface area contributed by atoms with Gasteiger partial charge in [0.25, 0.3) is 5.91 Å². The van der Waals surface area contributed by atoms with Crippen LogP contribution in [0.25, 0.3) is 0 Å². The smallest absolute Gasteiger partial charge is 0.255 e. The number of rotatable bonds is 7. The van der Waals surface area contributed by atoms with E-state index < -0.39 is 11.9 Å². The quantitative estimate of drug-likeness (QED) is 0.411. The first-order chi connectivity index (χ1) is 20.4. The van der Waals surface area contributed by atoms with Gasteiger partial charge >= 0.3 is 0 Å². The van der Waals surface area contributed by atoms with Crippen molar-refractivity contribution < 1.29 is 23.5 Å². The van der Waals surface area contributed by atoms with Gasteiger partial charge < -0.3 is 14.5 Å². The van der Waals surface area contributed by atoms with Gasteiger partial charge in [-0.05, 0) is 61.7 Å². The molecule has 0 unspecified atom stereocenters. The number of pyridine rings is 1. The summed E-state index contributed by atoms with van der Waals surface area (Å²) in [6.45, 7) is 1.95. The SMILES string of the molecule is N#Cc1ccc(N2CCC(Sc3ccc(COc4cccc5c4CN([C@@H]4CCC(=O)NC4=O)C5=O)nc3)CC2)c(F)c1. The Bertz CT molecular complexity index is 1580. The summed E-state index contributed by atoms with van der Waals surface area (Å²) in [7, 11) is 0. The zero-order valence-corrected chi connectivity index (χ0v) is 23.5. The van der Waals surface area contributed by atoms with E-state index in [0.717, 1.165) is 42.1 Å². The fraction of sp³-hybridized carbons (Fsp3) is 0.323. The van der Waals surface area contributed by atoms with Crippen LogP contribution in [0, 0.1) is 17.1 Å². The van der Waals surface area contributed by atoms with Crippen LogP contribution in [0.1, 0.15) is 52.9 Å². The van der Waals surface area contributed by atoms with Gasteiger partial charge in [-0.1, -0.05) is 6.07 Å². The van der Waals surface area contributed by atoms with E-state index in [0.29, 0.717) is 34.2 Å². The molecule has 42 heavy (non-hydrogen) atoms. The van der Waals surface area contributed by atoms with Crippen LogP contribution < -0.4 is 15.0 Å². The zero-order chi connectivity index (χ0) is 29.2.